The number of esters is 1. The van der Waals surface area contributed by atoms with Crippen LogP contribution in [-0.4, -0.2) is 46.1 Å². The largest absolute Gasteiger partial charge is 0.459 e. The van der Waals surface area contributed by atoms with Gasteiger partial charge in [-0.1, -0.05) is 43.0 Å². The van der Waals surface area contributed by atoms with Gasteiger partial charge >= 0.3 is 5.97 Å². The molecule has 26 heavy (non-hydrogen) atoms. The van der Waals surface area contributed by atoms with Gasteiger partial charge in [0.2, 0.25) is 0 Å². The van der Waals surface area contributed by atoms with Crippen LogP contribution in [0, 0.1) is 0 Å². The summed E-state index contributed by atoms with van der Waals surface area (Å²) in [4.78, 5) is 23.8. The molecule has 0 aromatic heterocycles. The number of thioether (sulfide) groups is 1. The zero-order chi connectivity index (χ0) is 18.6. The summed E-state index contributed by atoms with van der Waals surface area (Å²) < 4.78 is 11.7. The second kappa shape index (κ2) is 8.76. The first kappa shape index (κ1) is 19.7. The second-order valence-corrected chi connectivity index (χ2v) is 8.67. The van der Waals surface area contributed by atoms with Crippen LogP contribution in [0.4, 0.5) is 4.79 Å². The molecule has 3 aliphatic heterocycles. The molecule has 0 radical (unpaired) electrons. The summed E-state index contributed by atoms with van der Waals surface area (Å²) in [5, 5.41) is 13.7. The Hall–Kier alpha value is -1.05. The summed E-state index contributed by atoms with van der Waals surface area (Å²) >= 11 is 1.15. The molecule has 3 aliphatic rings. The lowest BCUT2D eigenvalue weighted by Gasteiger charge is -2.43. The molecular formula is C19H29NO5S. The Bertz CT molecular complexity index is 566. The van der Waals surface area contributed by atoms with Crippen molar-refractivity contribution in [1.82, 2.24) is 5.32 Å². The lowest BCUT2D eigenvalue weighted by atomic mass is 9.91. The summed E-state index contributed by atoms with van der Waals surface area (Å²) in [6.07, 6.45) is 9.13. The maximum Gasteiger partial charge on any atom is 0.330 e. The van der Waals surface area contributed by atoms with Gasteiger partial charge in [-0.2, -0.15) is 0 Å². The highest BCUT2D eigenvalue weighted by Crippen LogP contribution is 2.36. The Morgan fingerprint density at radius 1 is 1.19 bits per heavy atom. The van der Waals surface area contributed by atoms with Gasteiger partial charge in [-0.25, -0.2) is 4.79 Å². The normalized spacial score (nSPS) is 39.3. The molecular weight excluding hydrogens is 354 g/mol. The Kier molecular flexibility index (Phi) is 6.64. The number of allylic oxidation sites excluding steroid dienone is 1. The van der Waals surface area contributed by atoms with Crippen molar-refractivity contribution < 1.29 is 24.2 Å². The number of hydrogen-bond donors (Lipinski definition) is 2. The molecule has 2 fully saturated rings. The zero-order valence-electron chi connectivity index (χ0n) is 15.4. The first-order valence-corrected chi connectivity index (χ1v) is 10.6. The first-order valence-electron chi connectivity index (χ1n) is 9.66. The maximum absolute atomic E-state index is 12.3. The molecule has 4 atom stereocenters. The Morgan fingerprint density at radius 2 is 1.96 bits per heavy atom. The molecule has 6 nitrogen and oxygen atoms in total. The van der Waals surface area contributed by atoms with E-state index in [9.17, 15) is 14.7 Å². The van der Waals surface area contributed by atoms with Crippen molar-refractivity contribution in [3.05, 3.63) is 11.6 Å². The van der Waals surface area contributed by atoms with E-state index in [2.05, 4.69) is 5.32 Å². The number of hydrogen-bond acceptors (Lipinski definition) is 6. The molecule has 0 aliphatic carbocycles. The van der Waals surface area contributed by atoms with Crippen molar-refractivity contribution >= 4 is 23.0 Å². The van der Waals surface area contributed by atoms with Crippen molar-refractivity contribution in [3.8, 4) is 0 Å². The van der Waals surface area contributed by atoms with Crippen LogP contribution in [0.5, 0.6) is 0 Å². The van der Waals surface area contributed by atoms with Crippen LogP contribution in [0.1, 0.15) is 64.7 Å². The molecule has 3 heterocycles. The van der Waals surface area contributed by atoms with Crippen LogP contribution < -0.4 is 5.32 Å². The Morgan fingerprint density at radius 3 is 2.73 bits per heavy atom. The third kappa shape index (κ3) is 5.24. The molecule has 2 bridgehead atoms. The highest BCUT2D eigenvalue weighted by Gasteiger charge is 2.49. The molecule has 1 amide bonds. The number of ether oxygens (including phenoxy) is 2. The predicted octanol–water partition coefficient (Wildman–Crippen LogP) is 3.28. The summed E-state index contributed by atoms with van der Waals surface area (Å²) in [6.45, 7) is 1.96. The predicted molar refractivity (Wildman–Crippen MR) is 99.8 cm³/mol. The van der Waals surface area contributed by atoms with E-state index in [0.717, 1.165) is 55.9 Å². The highest BCUT2D eigenvalue weighted by atomic mass is 32.2. The monoisotopic (exact) mass is 383 g/mol. The highest BCUT2D eigenvalue weighted by molar-refractivity contribution is 8.14. The number of aliphatic hydroxyl groups is 1. The summed E-state index contributed by atoms with van der Waals surface area (Å²) in [5.74, 6) is -1.37. The topological polar surface area (TPSA) is 84.9 Å². The lowest BCUT2D eigenvalue weighted by Crippen LogP contribution is -2.58. The maximum atomic E-state index is 12.3. The molecule has 0 saturated carbocycles. The van der Waals surface area contributed by atoms with Crippen LogP contribution >= 0.6 is 11.8 Å². The van der Waals surface area contributed by atoms with E-state index >= 15 is 0 Å². The number of carbonyl (C=O) groups excluding carboxylic acids is 2. The van der Waals surface area contributed by atoms with E-state index in [4.69, 9.17) is 9.47 Å². The Labute approximate surface area is 159 Å². The molecule has 2 N–H and O–H groups in total. The fourth-order valence-electron chi connectivity index (χ4n) is 3.98. The van der Waals surface area contributed by atoms with Gasteiger partial charge < -0.3 is 19.9 Å². The van der Waals surface area contributed by atoms with Gasteiger partial charge in [0.05, 0.1) is 12.1 Å². The minimum absolute atomic E-state index is 0.150. The van der Waals surface area contributed by atoms with Crippen LogP contribution in [0.3, 0.4) is 0 Å². The minimum atomic E-state index is -1.48. The first-order chi connectivity index (χ1) is 12.4. The average Bonchev–Trinajstić information content (AvgIpc) is 3.00. The molecule has 0 aromatic rings. The molecule has 0 spiro atoms. The summed E-state index contributed by atoms with van der Waals surface area (Å²) in [5.41, 5.74) is 1.03. The summed E-state index contributed by atoms with van der Waals surface area (Å²) in [6, 6.07) is -0.472. The fourth-order valence-corrected chi connectivity index (χ4v) is 4.87. The van der Waals surface area contributed by atoms with E-state index in [1.165, 1.54) is 6.42 Å². The standard InChI is InChI=1S/C19H29NO5S/c1-13-7-5-3-2-4-6-8-14-10-15(24-17(21)9-13)11-19(23,25-14)16-12-26-18(22)20-16/h9,14-16,23H,2-8,10-12H2,1H3,(H,20,22)/b13-9-/t14-,15-,16?,19-/m1/s1. The molecule has 7 heteroatoms. The van der Waals surface area contributed by atoms with Crippen molar-refractivity contribution in [3.63, 3.8) is 0 Å². The van der Waals surface area contributed by atoms with E-state index in [0.29, 0.717) is 12.2 Å². The van der Waals surface area contributed by atoms with Crippen molar-refractivity contribution in [2.24, 2.45) is 0 Å². The smallest absolute Gasteiger partial charge is 0.330 e. The third-order valence-electron chi connectivity index (χ3n) is 5.38. The van der Waals surface area contributed by atoms with Crippen LogP contribution in [-0.2, 0) is 14.3 Å². The summed E-state index contributed by atoms with van der Waals surface area (Å²) in [7, 11) is 0. The second-order valence-electron chi connectivity index (χ2n) is 7.68. The van der Waals surface area contributed by atoms with Crippen molar-refractivity contribution in [1.29, 1.82) is 0 Å². The van der Waals surface area contributed by atoms with Crippen LogP contribution in [0.25, 0.3) is 0 Å². The van der Waals surface area contributed by atoms with Gasteiger partial charge in [0.15, 0.2) is 5.79 Å². The van der Waals surface area contributed by atoms with Gasteiger partial charge in [-0.3, -0.25) is 4.79 Å². The van der Waals surface area contributed by atoms with Crippen molar-refractivity contribution in [2.75, 3.05) is 5.75 Å². The number of amides is 1. The SMILES string of the molecule is C/C1=C/C(=O)O[C@@H]2C[C@@H](CCCCCCC1)O[C@@](O)(C1CSC(=O)N1)C2. The number of carbonyl (C=O) groups is 2. The molecule has 1 unspecified atom stereocenters. The lowest BCUT2D eigenvalue weighted by molar-refractivity contribution is -0.283. The van der Waals surface area contributed by atoms with Gasteiger partial charge in [0, 0.05) is 24.7 Å². The van der Waals surface area contributed by atoms with E-state index in [1.54, 1.807) is 6.08 Å². The van der Waals surface area contributed by atoms with Crippen LogP contribution in [0.15, 0.2) is 11.6 Å². The number of rotatable bonds is 1. The average molecular weight is 384 g/mol. The van der Waals surface area contributed by atoms with Gasteiger partial charge in [-0.05, 0) is 26.2 Å². The van der Waals surface area contributed by atoms with Crippen molar-refractivity contribution in [2.45, 2.75) is 88.7 Å². The van der Waals surface area contributed by atoms with Crippen LogP contribution in [0.2, 0.25) is 0 Å². The van der Waals surface area contributed by atoms with Gasteiger partial charge in [0.25, 0.3) is 5.24 Å². The zero-order valence-corrected chi connectivity index (χ0v) is 16.2. The fraction of sp³-hybridized carbons (Fsp3) is 0.789. The van der Waals surface area contributed by atoms with E-state index in [1.807, 2.05) is 6.92 Å². The number of nitrogens with one attached hydrogen (secondary N) is 1. The molecule has 0 aromatic carbocycles. The molecule has 3 rings (SSSR count). The quantitative estimate of drug-likeness (QED) is 0.676. The minimum Gasteiger partial charge on any atom is -0.459 e. The van der Waals surface area contributed by atoms with E-state index < -0.39 is 17.9 Å². The third-order valence-corrected chi connectivity index (χ3v) is 6.26. The molecule has 146 valence electrons. The molecule has 2 saturated heterocycles. The van der Waals surface area contributed by atoms with Gasteiger partial charge in [-0.15, -0.1) is 0 Å². The Balaban J connectivity index is 1.74. The number of fused-ring (bicyclic) bond motifs is 2. The van der Waals surface area contributed by atoms with Gasteiger partial charge in [0.1, 0.15) is 6.10 Å². The van der Waals surface area contributed by atoms with E-state index in [-0.39, 0.29) is 23.7 Å².